The number of aromatic nitrogens is 1. The predicted octanol–water partition coefficient (Wildman–Crippen LogP) is 2.35. The molecular formula is C15H19N3O2. The molecule has 2 rings (SSSR count). The number of rotatable bonds is 6. The lowest BCUT2D eigenvalue weighted by Crippen LogP contribution is -2.37. The van der Waals surface area contributed by atoms with Crippen LogP contribution in [0.15, 0.2) is 40.9 Å². The van der Waals surface area contributed by atoms with E-state index in [4.69, 9.17) is 4.42 Å². The van der Waals surface area contributed by atoms with Crippen molar-refractivity contribution in [1.82, 2.24) is 10.3 Å². The Bertz CT molecular complexity index is 551. The molecule has 0 fully saturated rings. The molecule has 0 aliphatic rings. The fourth-order valence-electron chi connectivity index (χ4n) is 1.70. The van der Waals surface area contributed by atoms with Crippen LogP contribution in [-0.2, 0) is 17.8 Å². The Hall–Kier alpha value is -2.14. The Morgan fingerprint density at radius 1 is 1.35 bits per heavy atom. The SMILES string of the molecule is CCc1cnc(CNC(C)C(=O)Nc2ccccc2)o1. The molecule has 2 N–H and O–H groups in total. The quantitative estimate of drug-likeness (QED) is 0.848. The number of benzene rings is 1. The molecular weight excluding hydrogens is 254 g/mol. The van der Waals surface area contributed by atoms with Gasteiger partial charge in [-0.2, -0.15) is 0 Å². The number of oxazole rings is 1. The van der Waals surface area contributed by atoms with Crippen molar-refractivity contribution >= 4 is 11.6 Å². The lowest BCUT2D eigenvalue weighted by molar-refractivity contribution is -0.117. The van der Waals surface area contributed by atoms with Gasteiger partial charge in [-0.15, -0.1) is 0 Å². The van der Waals surface area contributed by atoms with Crippen molar-refractivity contribution in [3.8, 4) is 0 Å². The molecule has 1 aromatic heterocycles. The normalized spacial score (nSPS) is 12.1. The molecule has 0 saturated carbocycles. The maximum absolute atomic E-state index is 12.0. The number of carbonyl (C=O) groups is 1. The summed E-state index contributed by atoms with van der Waals surface area (Å²) in [6.45, 7) is 4.25. The molecule has 0 saturated heterocycles. The largest absolute Gasteiger partial charge is 0.444 e. The summed E-state index contributed by atoms with van der Waals surface area (Å²) in [4.78, 5) is 16.1. The minimum atomic E-state index is -0.327. The molecule has 1 heterocycles. The zero-order valence-electron chi connectivity index (χ0n) is 11.7. The van der Waals surface area contributed by atoms with E-state index in [9.17, 15) is 4.79 Å². The summed E-state index contributed by atoms with van der Waals surface area (Å²) >= 11 is 0. The molecule has 0 bridgehead atoms. The van der Waals surface area contributed by atoms with Crippen molar-refractivity contribution in [3.05, 3.63) is 48.2 Å². The number of aryl methyl sites for hydroxylation is 1. The Kier molecular flexibility index (Phi) is 4.90. The van der Waals surface area contributed by atoms with E-state index in [1.54, 1.807) is 6.20 Å². The van der Waals surface area contributed by atoms with E-state index in [0.29, 0.717) is 12.4 Å². The standard InChI is InChI=1S/C15H19N3O2/c1-3-13-9-17-14(20-13)10-16-11(2)15(19)18-12-7-5-4-6-8-12/h4-9,11,16H,3,10H2,1-2H3,(H,18,19). The van der Waals surface area contributed by atoms with Crippen molar-refractivity contribution in [3.63, 3.8) is 0 Å². The van der Waals surface area contributed by atoms with E-state index in [1.165, 1.54) is 0 Å². The zero-order valence-corrected chi connectivity index (χ0v) is 11.7. The molecule has 20 heavy (non-hydrogen) atoms. The summed E-state index contributed by atoms with van der Waals surface area (Å²) in [5, 5.41) is 5.93. The lowest BCUT2D eigenvalue weighted by atomic mass is 10.2. The second-order valence-electron chi connectivity index (χ2n) is 4.53. The van der Waals surface area contributed by atoms with Gasteiger partial charge in [0.05, 0.1) is 18.8 Å². The van der Waals surface area contributed by atoms with Crippen molar-refractivity contribution in [1.29, 1.82) is 0 Å². The fourth-order valence-corrected chi connectivity index (χ4v) is 1.70. The van der Waals surface area contributed by atoms with Crippen LogP contribution < -0.4 is 10.6 Å². The van der Waals surface area contributed by atoms with Crippen LogP contribution >= 0.6 is 0 Å². The summed E-state index contributed by atoms with van der Waals surface area (Å²) in [6, 6.07) is 9.05. The van der Waals surface area contributed by atoms with E-state index < -0.39 is 0 Å². The van der Waals surface area contributed by atoms with Gasteiger partial charge in [0.2, 0.25) is 11.8 Å². The van der Waals surface area contributed by atoms with Gasteiger partial charge in [-0.05, 0) is 19.1 Å². The van der Waals surface area contributed by atoms with Crippen LogP contribution in [0.3, 0.4) is 0 Å². The Labute approximate surface area is 118 Å². The van der Waals surface area contributed by atoms with Gasteiger partial charge in [0.1, 0.15) is 5.76 Å². The molecule has 5 nitrogen and oxygen atoms in total. The highest BCUT2D eigenvalue weighted by atomic mass is 16.4. The molecule has 5 heteroatoms. The Morgan fingerprint density at radius 2 is 2.10 bits per heavy atom. The number of anilines is 1. The van der Waals surface area contributed by atoms with Crippen molar-refractivity contribution in [2.75, 3.05) is 5.32 Å². The number of hydrogen-bond donors (Lipinski definition) is 2. The zero-order chi connectivity index (χ0) is 14.4. The highest BCUT2D eigenvalue weighted by molar-refractivity contribution is 5.94. The minimum absolute atomic E-state index is 0.0847. The first-order chi connectivity index (χ1) is 9.69. The summed E-state index contributed by atoms with van der Waals surface area (Å²) in [5.41, 5.74) is 0.788. The molecule has 0 aliphatic carbocycles. The van der Waals surface area contributed by atoms with Crippen LogP contribution in [0.1, 0.15) is 25.5 Å². The second-order valence-corrected chi connectivity index (χ2v) is 4.53. The van der Waals surface area contributed by atoms with Crippen LogP contribution in [0.4, 0.5) is 5.69 Å². The number of amides is 1. The number of nitrogens with one attached hydrogen (secondary N) is 2. The van der Waals surface area contributed by atoms with Gasteiger partial charge >= 0.3 is 0 Å². The van der Waals surface area contributed by atoms with E-state index in [1.807, 2.05) is 44.2 Å². The number of nitrogens with zero attached hydrogens (tertiary/aromatic N) is 1. The van der Waals surface area contributed by atoms with Gasteiger partial charge < -0.3 is 9.73 Å². The number of hydrogen-bond acceptors (Lipinski definition) is 4. The van der Waals surface area contributed by atoms with Gasteiger partial charge in [0, 0.05) is 12.1 Å². The first-order valence-corrected chi connectivity index (χ1v) is 6.72. The maximum Gasteiger partial charge on any atom is 0.241 e. The van der Waals surface area contributed by atoms with Gasteiger partial charge in [-0.3, -0.25) is 10.1 Å². The third-order valence-corrected chi connectivity index (χ3v) is 2.94. The lowest BCUT2D eigenvalue weighted by Gasteiger charge is -2.12. The highest BCUT2D eigenvalue weighted by Crippen LogP contribution is 2.06. The molecule has 1 amide bonds. The third-order valence-electron chi connectivity index (χ3n) is 2.94. The third kappa shape index (κ3) is 3.93. The van der Waals surface area contributed by atoms with E-state index >= 15 is 0 Å². The van der Waals surface area contributed by atoms with Crippen molar-refractivity contribution < 1.29 is 9.21 Å². The Balaban J connectivity index is 1.82. The first kappa shape index (κ1) is 14.3. The molecule has 1 atom stereocenters. The molecule has 1 aromatic carbocycles. The van der Waals surface area contributed by atoms with Crippen molar-refractivity contribution in [2.24, 2.45) is 0 Å². The smallest absolute Gasteiger partial charge is 0.241 e. The molecule has 1 unspecified atom stereocenters. The Morgan fingerprint density at radius 3 is 2.75 bits per heavy atom. The maximum atomic E-state index is 12.0. The van der Waals surface area contributed by atoms with Gasteiger partial charge in [-0.25, -0.2) is 4.98 Å². The first-order valence-electron chi connectivity index (χ1n) is 6.72. The van der Waals surface area contributed by atoms with E-state index in [-0.39, 0.29) is 11.9 Å². The molecule has 2 aromatic rings. The molecule has 106 valence electrons. The van der Waals surface area contributed by atoms with Gasteiger partial charge in [0.15, 0.2) is 0 Å². The van der Waals surface area contributed by atoms with Crippen LogP contribution in [0, 0.1) is 0 Å². The number of carbonyl (C=O) groups excluding carboxylic acids is 1. The minimum Gasteiger partial charge on any atom is -0.444 e. The summed E-state index contributed by atoms with van der Waals surface area (Å²) in [6.07, 6.45) is 2.53. The molecule has 0 spiro atoms. The van der Waals surface area contributed by atoms with Crippen molar-refractivity contribution in [2.45, 2.75) is 32.9 Å². The predicted molar refractivity (Wildman–Crippen MR) is 77.3 cm³/mol. The van der Waals surface area contributed by atoms with Crippen LogP contribution in [0.2, 0.25) is 0 Å². The average Bonchev–Trinajstić information content (AvgIpc) is 2.93. The van der Waals surface area contributed by atoms with E-state index in [0.717, 1.165) is 17.9 Å². The summed E-state index contributed by atoms with van der Waals surface area (Å²) < 4.78 is 5.48. The number of para-hydroxylation sites is 1. The summed E-state index contributed by atoms with van der Waals surface area (Å²) in [5.74, 6) is 1.36. The monoisotopic (exact) mass is 273 g/mol. The molecule has 0 radical (unpaired) electrons. The van der Waals surface area contributed by atoms with E-state index in [2.05, 4.69) is 15.6 Å². The van der Waals surface area contributed by atoms with Gasteiger partial charge in [-0.1, -0.05) is 25.1 Å². The van der Waals surface area contributed by atoms with Crippen LogP contribution in [0.5, 0.6) is 0 Å². The average molecular weight is 273 g/mol. The van der Waals surface area contributed by atoms with Crippen LogP contribution in [-0.4, -0.2) is 16.9 Å². The molecule has 0 aliphatic heterocycles. The van der Waals surface area contributed by atoms with Gasteiger partial charge in [0.25, 0.3) is 0 Å². The highest BCUT2D eigenvalue weighted by Gasteiger charge is 2.13. The second kappa shape index (κ2) is 6.86. The van der Waals surface area contributed by atoms with Crippen LogP contribution in [0.25, 0.3) is 0 Å². The topological polar surface area (TPSA) is 67.2 Å². The fraction of sp³-hybridized carbons (Fsp3) is 0.333. The summed E-state index contributed by atoms with van der Waals surface area (Å²) in [7, 11) is 0.